The van der Waals surface area contributed by atoms with E-state index >= 15 is 0 Å². The van der Waals surface area contributed by atoms with Gasteiger partial charge in [-0.25, -0.2) is 0 Å². The number of hydrogen-bond donors (Lipinski definition) is 1. The monoisotopic (exact) mass is 288 g/mol. The molecule has 1 atom stereocenters. The van der Waals surface area contributed by atoms with Crippen LogP contribution in [0.25, 0.3) is 0 Å². The molecule has 1 aromatic heterocycles. The van der Waals surface area contributed by atoms with Crippen molar-refractivity contribution in [3.63, 3.8) is 0 Å². The number of Topliss-reactive ketones (excluding diaryl/α,β-unsaturated/α-hetero) is 1. The Balaban J connectivity index is 1.86. The summed E-state index contributed by atoms with van der Waals surface area (Å²) in [6.07, 6.45) is 9.27. The third kappa shape index (κ3) is 4.66. The number of aromatic nitrogens is 1. The van der Waals surface area contributed by atoms with Crippen molar-refractivity contribution in [3.05, 3.63) is 29.6 Å². The van der Waals surface area contributed by atoms with Crippen LogP contribution in [0, 0.1) is 11.8 Å². The van der Waals surface area contributed by atoms with Gasteiger partial charge in [0.2, 0.25) is 5.91 Å². The van der Waals surface area contributed by atoms with Crippen molar-refractivity contribution >= 4 is 11.7 Å². The molecule has 0 bridgehead atoms. The van der Waals surface area contributed by atoms with Crippen molar-refractivity contribution in [2.75, 3.05) is 0 Å². The fraction of sp³-hybridized carbons (Fsp3) is 0.588. The number of nitrogens with zero attached hydrogens (tertiary/aromatic N) is 1. The van der Waals surface area contributed by atoms with Crippen LogP contribution in [0.15, 0.2) is 18.3 Å². The molecule has 1 aliphatic carbocycles. The Bertz CT molecular complexity index is 490. The fourth-order valence-electron chi connectivity index (χ4n) is 3.08. The molecule has 1 fully saturated rings. The third-order valence-electron chi connectivity index (χ3n) is 4.43. The van der Waals surface area contributed by atoms with Crippen LogP contribution in [0.5, 0.6) is 0 Å². The van der Waals surface area contributed by atoms with Gasteiger partial charge in [0, 0.05) is 24.2 Å². The third-order valence-corrected chi connectivity index (χ3v) is 4.43. The van der Waals surface area contributed by atoms with E-state index in [9.17, 15) is 9.59 Å². The summed E-state index contributed by atoms with van der Waals surface area (Å²) in [7, 11) is 0. The first-order chi connectivity index (χ1) is 10.1. The average molecular weight is 288 g/mol. The van der Waals surface area contributed by atoms with Crippen molar-refractivity contribution in [2.24, 2.45) is 17.6 Å². The van der Waals surface area contributed by atoms with Gasteiger partial charge in [0.25, 0.3) is 0 Å². The zero-order valence-corrected chi connectivity index (χ0v) is 12.7. The molecular formula is C17H24N2O2. The van der Waals surface area contributed by atoms with E-state index in [1.54, 1.807) is 12.1 Å². The van der Waals surface area contributed by atoms with Crippen molar-refractivity contribution < 1.29 is 9.59 Å². The van der Waals surface area contributed by atoms with Crippen molar-refractivity contribution in [2.45, 2.75) is 51.9 Å². The summed E-state index contributed by atoms with van der Waals surface area (Å²) in [5.74, 6) is 0.541. The molecule has 1 amide bonds. The van der Waals surface area contributed by atoms with Crippen LogP contribution in [-0.4, -0.2) is 16.7 Å². The van der Waals surface area contributed by atoms with Gasteiger partial charge >= 0.3 is 0 Å². The summed E-state index contributed by atoms with van der Waals surface area (Å²) in [5.41, 5.74) is 6.26. The maximum absolute atomic E-state index is 12.3. The van der Waals surface area contributed by atoms with Crippen molar-refractivity contribution in [3.8, 4) is 0 Å². The summed E-state index contributed by atoms with van der Waals surface area (Å²) in [6.45, 7) is 2.02. The smallest absolute Gasteiger partial charge is 0.250 e. The Morgan fingerprint density at radius 3 is 2.57 bits per heavy atom. The molecule has 0 aromatic carbocycles. The van der Waals surface area contributed by atoms with Crippen molar-refractivity contribution in [1.82, 2.24) is 4.98 Å². The number of pyridine rings is 1. The van der Waals surface area contributed by atoms with Gasteiger partial charge in [-0.2, -0.15) is 0 Å². The first kappa shape index (κ1) is 15.7. The minimum Gasteiger partial charge on any atom is -0.366 e. The molecule has 0 spiro atoms. The van der Waals surface area contributed by atoms with E-state index in [0.29, 0.717) is 23.6 Å². The molecule has 2 rings (SSSR count). The van der Waals surface area contributed by atoms with Crippen LogP contribution in [-0.2, 0) is 11.2 Å². The van der Waals surface area contributed by atoms with Gasteiger partial charge in [0.1, 0.15) is 5.78 Å². The number of carbonyl (C=O) groups excluding carboxylic acids is 2. The van der Waals surface area contributed by atoms with E-state index in [1.165, 1.54) is 38.3 Å². The molecule has 21 heavy (non-hydrogen) atoms. The molecule has 1 saturated carbocycles. The molecule has 1 heterocycles. The number of nitrogens with two attached hydrogens (primary N) is 1. The second-order valence-electron chi connectivity index (χ2n) is 6.19. The van der Waals surface area contributed by atoms with Gasteiger partial charge in [-0.15, -0.1) is 0 Å². The van der Waals surface area contributed by atoms with E-state index < -0.39 is 5.91 Å². The Labute approximate surface area is 126 Å². The maximum Gasteiger partial charge on any atom is 0.250 e. The highest BCUT2D eigenvalue weighted by atomic mass is 16.1. The zero-order valence-electron chi connectivity index (χ0n) is 12.7. The molecule has 114 valence electrons. The molecule has 4 nitrogen and oxygen atoms in total. The lowest BCUT2D eigenvalue weighted by atomic mass is 9.81. The molecule has 4 heteroatoms. The van der Waals surface area contributed by atoms with E-state index in [1.807, 2.05) is 6.92 Å². The van der Waals surface area contributed by atoms with E-state index in [4.69, 9.17) is 5.73 Å². The molecule has 1 aromatic rings. The zero-order chi connectivity index (χ0) is 15.2. The summed E-state index contributed by atoms with van der Waals surface area (Å²) in [5, 5.41) is 0. The summed E-state index contributed by atoms with van der Waals surface area (Å²) < 4.78 is 0. The first-order valence-corrected chi connectivity index (χ1v) is 7.83. The van der Waals surface area contributed by atoms with E-state index in [0.717, 1.165) is 6.42 Å². The number of ketones is 1. The maximum atomic E-state index is 12.3. The highest BCUT2D eigenvalue weighted by Gasteiger charge is 2.21. The van der Waals surface area contributed by atoms with Crippen LogP contribution >= 0.6 is 0 Å². The second kappa shape index (κ2) is 7.34. The Kier molecular flexibility index (Phi) is 5.48. The van der Waals surface area contributed by atoms with E-state index in [-0.39, 0.29) is 11.7 Å². The Hall–Kier alpha value is -1.71. The topological polar surface area (TPSA) is 73.1 Å². The van der Waals surface area contributed by atoms with Gasteiger partial charge < -0.3 is 5.73 Å². The van der Waals surface area contributed by atoms with Gasteiger partial charge in [0.05, 0.1) is 5.56 Å². The first-order valence-electron chi connectivity index (χ1n) is 7.83. The van der Waals surface area contributed by atoms with Crippen LogP contribution in [0.4, 0.5) is 0 Å². The van der Waals surface area contributed by atoms with Crippen LogP contribution < -0.4 is 5.73 Å². The number of amides is 1. The largest absolute Gasteiger partial charge is 0.366 e. The van der Waals surface area contributed by atoms with Gasteiger partial charge in [0.15, 0.2) is 0 Å². The minimum atomic E-state index is -0.494. The molecular weight excluding hydrogens is 264 g/mol. The highest BCUT2D eigenvalue weighted by Crippen LogP contribution is 2.29. The second-order valence-corrected chi connectivity index (χ2v) is 6.19. The number of carbonyl (C=O) groups is 2. The molecule has 1 aliphatic rings. The summed E-state index contributed by atoms with van der Waals surface area (Å²) in [6, 6.07) is 3.34. The predicted molar refractivity (Wildman–Crippen MR) is 81.8 cm³/mol. The lowest BCUT2D eigenvalue weighted by Gasteiger charge is -2.24. The van der Waals surface area contributed by atoms with Gasteiger partial charge in [-0.1, -0.05) is 39.0 Å². The molecule has 0 aliphatic heterocycles. The lowest BCUT2D eigenvalue weighted by Crippen LogP contribution is -2.19. The fourth-order valence-corrected chi connectivity index (χ4v) is 3.08. The Morgan fingerprint density at radius 2 is 2.00 bits per heavy atom. The standard InChI is InChI=1S/C17H24N2O2/c1-12(9-13-5-3-2-4-6-13)16(20)10-15-8-7-14(11-19-15)17(18)21/h7-8,11-13H,2-6,9-10H2,1H3,(H2,18,21). The molecule has 2 N–H and O–H groups in total. The average Bonchev–Trinajstić information content (AvgIpc) is 2.48. The quantitative estimate of drug-likeness (QED) is 0.874. The van der Waals surface area contributed by atoms with E-state index in [2.05, 4.69) is 4.98 Å². The summed E-state index contributed by atoms with van der Waals surface area (Å²) in [4.78, 5) is 27.4. The summed E-state index contributed by atoms with van der Waals surface area (Å²) >= 11 is 0. The van der Waals surface area contributed by atoms with Crippen LogP contribution in [0.1, 0.15) is 61.5 Å². The SMILES string of the molecule is CC(CC1CCCCC1)C(=O)Cc1ccc(C(N)=O)cn1. The predicted octanol–water partition coefficient (Wildman–Crippen LogP) is 2.90. The van der Waals surface area contributed by atoms with Crippen LogP contribution in [0.3, 0.4) is 0 Å². The number of rotatable bonds is 6. The lowest BCUT2D eigenvalue weighted by molar-refractivity contribution is -0.122. The molecule has 0 saturated heterocycles. The van der Waals surface area contributed by atoms with Crippen LogP contribution in [0.2, 0.25) is 0 Å². The Morgan fingerprint density at radius 1 is 1.29 bits per heavy atom. The normalized spacial score (nSPS) is 17.4. The minimum absolute atomic E-state index is 0.0886. The van der Waals surface area contributed by atoms with Gasteiger partial charge in [-0.3, -0.25) is 14.6 Å². The van der Waals surface area contributed by atoms with Crippen molar-refractivity contribution in [1.29, 1.82) is 0 Å². The highest BCUT2D eigenvalue weighted by molar-refractivity contribution is 5.92. The number of hydrogen-bond acceptors (Lipinski definition) is 3. The number of primary amides is 1. The molecule has 0 radical (unpaired) electrons. The van der Waals surface area contributed by atoms with Gasteiger partial charge in [-0.05, 0) is 24.5 Å². The molecule has 1 unspecified atom stereocenters.